The second-order valence-corrected chi connectivity index (χ2v) is 6.19. The van der Waals surface area contributed by atoms with Crippen molar-refractivity contribution in [3.05, 3.63) is 60.3 Å². The van der Waals surface area contributed by atoms with E-state index in [0.29, 0.717) is 5.82 Å². The van der Waals surface area contributed by atoms with Gasteiger partial charge in [-0.2, -0.15) is 0 Å². The number of amides is 1. The molecule has 1 N–H and O–H groups in total. The lowest BCUT2D eigenvalue weighted by Crippen LogP contribution is -2.17. The predicted molar refractivity (Wildman–Crippen MR) is 80.0 cm³/mol. The summed E-state index contributed by atoms with van der Waals surface area (Å²) in [4.78, 5) is 16.3. The zero-order valence-electron chi connectivity index (χ0n) is 10.5. The maximum absolute atomic E-state index is 12.3. The molecular weight excluding hydrogens is 295 g/mol. The molecule has 0 spiro atoms. The smallest absolute Gasteiger partial charge is 0.232 e. The summed E-state index contributed by atoms with van der Waals surface area (Å²) in [6, 6.07) is 14.9. The number of alkyl halides is 2. The van der Waals surface area contributed by atoms with Crippen molar-refractivity contribution in [1.29, 1.82) is 0 Å². The van der Waals surface area contributed by atoms with E-state index in [2.05, 4.69) is 10.3 Å². The van der Waals surface area contributed by atoms with Crippen molar-refractivity contribution < 1.29 is 4.79 Å². The number of nitrogens with one attached hydrogen (secondary N) is 1. The molecule has 0 radical (unpaired) electrons. The summed E-state index contributed by atoms with van der Waals surface area (Å²) in [6.07, 6.45) is 1.62. The Kier molecular flexibility index (Phi) is 3.40. The molecule has 2 aromatic rings. The minimum Gasteiger partial charge on any atom is -0.310 e. The van der Waals surface area contributed by atoms with E-state index in [1.54, 1.807) is 24.4 Å². The summed E-state index contributed by atoms with van der Waals surface area (Å²) in [6.45, 7) is 0. The van der Waals surface area contributed by atoms with Gasteiger partial charge in [-0.25, -0.2) is 4.98 Å². The van der Waals surface area contributed by atoms with Gasteiger partial charge >= 0.3 is 0 Å². The fourth-order valence-corrected chi connectivity index (χ4v) is 3.20. The molecule has 0 aliphatic heterocycles. The van der Waals surface area contributed by atoms with Crippen molar-refractivity contribution in [2.45, 2.75) is 10.3 Å². The van der Waals surface area contributed by atoms with Crippen LogP contribution in [-0.4, -0.2) is 15.2 Å². The lowest BCUT2D eigenvalue weighted by Gasteiger charge is -2.03. The van der Waals surface area contributed by atoms with Crippen LogP contribution < -0.4 is 5.32 Å². The number of halogens is 2. The third-order valence-electron chi connectivity index (χ3n) is 3.41. The molecule has 1 saturated carbocycles. The molecule has 102 valence electrons. The Bertz CT molecular complexity index is 616. The van der Waals surface area contributed by atoms with E-state index in [-0.39, 0.29) is 11.8 Å². The van der Waals surface area contributed by atoms with E-state index in [1.165, 1.54) is 0 Å². The fraction of sp³-hybridized carbons (Fsp3) is 0.200. The number of aromatic nitrogens is 1. The van der Waals surface area contributed by atoms with Crippen LogP contribution in [0.4, 0.5) is 5.82 Å². The van der Waals surface area contributed by atoms with Crippen LogP contribution in [0.3, 0.4) is 0 Å². The molecule has 1 fully saturated rings. The van der Waals surface area contributed by atoms with Gasteiger partial charge in [0.2, 0.25) is 5.91 Å². The van der Waals surface area contributed by atoms with E-state index in [4.69, 9.17) is 23.2 Å². The second kappa shape index (κ2) is 5.08. The van der Waals surface area contributed by atoms with Gasteiger partial charge in [0.15, 0.2) is 0 Å². The van der Waals surface area contributed by atoms with Crippen molar-refractivity contribution in [3.8, 4) is 0 Å². The third kappa shape index (κ3) is 2.39. The molecule has 1 heterocycles. The van der Waals surface area contributed by atoms with Crippen molar-refractivity contribution in [1.82, 2.24) is 4.98 Å². The number of hydrogen-bond acceptors (Lipinski definition) is 2. The molecule has 2 unspecified atom stereocenters. The number of anilines is 1. The highest BCUT2D eigenvalue weighted by molar-refractivity contribution is 6.53. The van der Waals surface area contributed by atoms with Crippen molar-refractivity contribution in [3.63, 3.8) is 0 Å². The largest absolute Gasteiger partial charge is 0.310 e. The number of carbonyl (C=O) groups excluding carboxylic acids is 1. The van der Waals surface area contributed by atoms with E-state index in [1.807, 2.05) is 30.3 Å². The Labute approximate surface area is 126 Å². The quantitative estimate of drug-likeness (QED) is 0.880. The minimum atomic E-state index is -1.06. The molecule has 3 nitrogen and oxygen atoms in total. The van der Waals surface area contributed by atoms with Crippen molar-refractivity contribution in [2.24, 2.45) is 5.92 Å². The highest BCUT2D eigenvalue weighted by Gasteiger charge is 2.67. The molecule has 1 aromatic heterocycles. The Morgan fingerprint density at radius 1 is 1.10 bits per heavy atom. The molecule has 0 bridgehead atoms. The first kappa shape index (κ1) is 13.4. The number of benzene rings is 1. The predicted octanol–water partition coefficient (Wildman–Crippen LogP) is 3.61. The number of nitrogens with zero attached hydrogens (tertiary/aromatic N) is 1. The fourth-order valence-electron chi connectivity index (χ4n) is 2.37. The second-order valence-electron chi connectivity index (χ2n) is 4.74. The number of carbonyl (C=O) groups is 1. The van der Waals surface area contributed by atoms with Gasteiger partial charge in [-0.1, -0.05) is 36.4 Å². The van der Waals surface area contributed by atoms with Crippen LogP contribution in [0.2, 0.25) is 0 Å². The first-order valence-electron chi connectivity index (χ1n) is 6.25. The molecule has 3 rings (SSSR count). The monoisotopic (exact) mass is 306 g/mol. The summed E-state index contributed by atoms with van der Waals surface area (Å²) in [5, 5.41) is 2.74. The number of pyridine rings is 1. The standard InChI is InChI=1S/C15H12Cl2N2O/c16-15(17)12(10-6-2-1-3-7-10)13(15)14(20)19-11-8-4-5-9-18-11/h1-9,12-13H,(H,18,19,20). The molecule has 5 heteroatoms. The van der Waals surface area contributed by atoms with Crippen molar-refractivity contribution >= 4 is 34.9 Å². The van der Waals surface area contributed by atoms with Gasteiger partial charge < -0.3 is 5.32 Å². The first-order valence-corrected chi connectivity index (χ1v) is 7.01. The van der Waals surface area contributed by atoms with E-state index < -0.39 is 10.3 Å². The van der Waals surface area contributed by atoms with Gasteiger partial charge in [-0.3, -0.25) is 4.79 Å². The van der Waals surface area contributed by atoms with Gasteiger partial charge in [0.1, 0.15) is 10.2 Å². The topological polar surface area (TPSA) is 42.0 Å². The summed E-state index contributed by atoms with van der Waals surface area (Å²) in [5.41, 5.74) is 0.971. The number of rotatable bonds is 3. The van der Waals surface area contributed by atoms with E-state index in [9.17, 15) is 4.79 Å². The molecule has 0 saturated heterocycles. The Hall–Kier alpha value is -1.58. The maximum atomic E-state index is 12.3. The summed E-state index contributed by atoms with van der Waals surface area (Å²) >= 11 is 12.5. The van der Waals surface area contributed by atoms with Crippen molar-refractivity contribution in [2.75, 3.05) is 5.32 Å². The van der Waals surface area contributed by atoms with Crippen LogP contribution in [0.5, 0.6) is 0 Å². The van der Waals surface area contributed by atoms with Gasteiger partial charge in [0.25, 0.3) is 0 Å². The Balaban J connectivity index is 1.76. The normalized spacial score (nSPS) is 23.1. The van der Waals surface area contributed by atoms with E-state index in [0.717, 1.165) is 5.56 Å². The van der Waals surface area contributed by atoms with Crippen LogP contribution >= 0.6 is 23.2 Å². The summed E-state index contributed by atoms with van der Waals surface area (Å²) in [5.74, 6) is -0.353. The van der Waals surface area contributed by atoms with Crippen LogP contribution in [0.1, 0.15) is 11.5 Å². The Morgan fingerprint density at radius 2 is 1.80 bits per heavy atom. The van der Waals surface area contributed by atoms with Crippen LogP contribution in [0, 0.1) is 5.92 Å². The highest BCUT2D eigenvalue weighted by atomic mass is 35.5. The van der Waals surface area contributed by atoms with Crippen LogP contribution in [-0.2, 0) is 4.79 Å². The molecule has 1 aliphatic carbocycles. The number of hydrogen-bond donors (Lipinski definition) is 1. The zero-order chi connectivity index (χ0) is 14.2. The minimum absolute atomic E-state index is 0.184. The van der Waals surface area contributed by atoms with Gasteiger partial charge in [0, 0.05) is 12.1 Å². The highest BCUT2D eigenvalue weighted by Crippen LogP contribution is 2.65. The van der Waals surface area contributed by atoms with Gasteiger partial charge in [0.05, 0.1) is 5.92 Å². The summed E-state index contributed by atoms with van der Waals surface area (Å²) < 4.78 is -1.06. The lowest BCUT2D eigenvalue weighted by molar-refractivity contribution is -0.117. The maximum Gasteiger partial charge on any atom is 0.232 e. The molecule has 20 heavy (non-hydrogen) atoms. The Morgan fingerprint density at radius 3 is 2.45 bits per heavy atom. The summed E-state index contributed by atoms with van der Waals surface area (Å²) in [7, 11) is 0. The third-order valence-corrected chi connectivity index (χ3v) is 4.35. The molecule has 1 amide bonds. The molecular formula is C15H12Cl2N2O. The first-order chi connectivity index (χ1) is 9.60. The average Bonchev–Trinajstić information content (AvgIpc) is 3.04. The van der Waals surface area contributed by atoms with Crippen LogP contribution in [0.15, 0.2) is 54.7 Å². The molecule has 2 atom stereocenters. The molecule has 1 aliphatic rings. The van der Waals surface area contributed by atoms with Gasteiger partial charge in [-0.15, -0.1) is 23.2 Å². The zero-order valence-corrected chi connectivity index (χ0v) is 12.0. The average molecular weight is 307 g/mol. The lowest BCUT2D eigenvalue weighted by atomic mass is 10.1. The van der Waals surface area contributed by atoms with E-state index >= 15 is 0 Å². The van der Waals surface area contributed by atoms with Gasteiger partial charge in [-0.05, 0) is 17.7 Å². The van der Waals surface area contributed by atoms with Crippen LogP contribution in [0.25, 0.3) is 0 Å². The SMILES string of the molecule is O=C(Nc1ccccn1)C1C(c2ccccc2)C1(Cl)Cl. The molecule has 1 aromatic carbocycles.